The van der Waals surface area contributed by atoms with E-state index in [0.29, 0.717) is 5.92 Å². The smallest absolute Gasteiger partial charge is 0.354 e. The van der Waals surface area contributed by atoms with E-state index < -0.39 is 17.7 Å². The number of carbonyl (C=O) groups is 2. The van der Waals surface area contributed by atoms with Gasteiger partial charge in [-0.1, -0.05) is 13.0 Å². The number of ether oxygens (including phenoxy) is 2. The van der Waals surface area contributed by atoms with E-state index in [9.17, 15) is 9.59 Å². The SMILES string of the molecule is C=C(NC)C(=O)OC(CC(=O)OC(C)(C)C)C1CC2CCC1C2. The van der Waals surface area contributed by atoms with Crippen LogP contribution < -0.4 is 5.32 Å². The van der Waals surface area contributed by atoms with Crippen LogP contribution in [0.2, 0.25) is 0 Å². The summed E-state index contributed by atoms with van der Waals surface area (Å²) in [5.74, 6) is 0.743. The van der Waals surface area contributed by atoms with Crippen molar-refractivity contribution in [3.63, 3.8) is 0 Å². The number of fused-ring (bicyclic) bond motifs is 2. The van der Waals surface area contributed by atoms with Crippen molar-refractivity contribution in [1.82, 2.24) is 5.32 Å². The third kappa shape index (κ3) is 4.72. The van der Waals surface area contributed by atoms with Gasteiger partial charge in [0.2, 0.25) is 0 Å². The lowest BCUT2D eigenvalue weighted by molar-refractivity contribution is -0.163. The zero-order valence-electron chi connectivity index (χ0n) is 14.7. The van der Waals surface area contributed by atoms with E-state index in [0.717, 1.165) is 12.3 Å². The van der Waals surface area contributed by atoms with Gasteiger partial charge in [-0.25, -0.2) is 4.79 Å². The van der Waals surface area contributed by atoms with Crippen molar-refractivity contribution in [3.8, 4) is 0 Å². The summed E-state index contributed by atoms with van der Waals surface area (Å²) in [5.41, 5.74) is -0.322. The second-order valence-electron chi connectivity index (χ2n) is 7.80. The van der Waals surface area contributed by atoms with Crippen LogP contribution in [0, 0.1) is 17.8 Å². The molecular formula is C18H29NO4. The van der Waals surface area contributed by atoms with Gasteiger partial charge < -0.3 is 14.8 Å². The van der Waals surface area contributed by atoms with Gasteiger partial charge in [0.15, 0.2) is 0 Å². The molecule has 0 aliphatic heterocycles. The lowest BCUT2D eigenvalue weighted by atomic mass is 9.83. The highest BCUT2D eigenvalue weighted by Crippen LogP contribution is 2.50. The van der Waals surface area contributed by atoms with Crippen LogP contribution in [0.15, 0.2) is 12.3 Å². The Kier molecular flexibility index (Phi) is 5.37. The maximum atomic E-state index is 12.2. The molecule has 0 aromatic carbocycles. The molecule has 0 saturated heterocycles. The number of hydrogen-bond acceptors (Lipinski definition) is 5. The highest BCUT2D eigenvalue weighted by atomic mass is 16.6. The molecule has 2 aliphatic rings. The molecule has 2 rings (SSSR count). The molecule has 1 N–H and O–H groups in total. The summed E-state index contributed by atoms with van der Waals surface area (Å²) in [6.07, 6.45) is 4.37. The van der Waals surface area contributed by atoms with E-state index in [1.807, 2.05) is 20.8 Å². The monoisotopic (exact) mass is 323 g/mol. The van der Waals surface area contributed by atoms with Gasteiger partial charge in [-0.15, -0.1) is 0 Å². The molecule has 2 bridgehead atoms. The molecule has 0 aromatic heterocycles. The Labute approximate surface area is 138 Å². The maximum Gasteiger partial charge on any atom is 0.354 e. The minimum atomic E-state index is -0.533. The van der Waals surface area contributed by atoms with Crippen molar-refractivity contribution in [2.45, 2.75) is 64.6 Å². The largest absolute Gasteiger partial charge is 0.460 e. The van der Waals surface area contributed by atoms with Crippen molar-refractivity contribution in [2.75, 3.05) is 7.05 Å². The van der Waals surface area contributed by atoms with Gasteiger partial charge >= 0.3 is 11.9 Å². The zero-order chi connectivity index (χ0) is 17.2. The Morgan fingerprint density at radius 3 is 2.43 bits per heavy atom. The van der Waals surface area contributed by atoms with E-state index in [1.165, 1.54) is 19.3 Å². The molecule has 2 saturated carbocycles. The van der Waals surface area contributed by atoms with Crippen LogP contribution in [0.1, 0.15) is 52.9 Å². The van der Waals surface area contributed by atoms with Crippen LogP contribution in [0.5, 0.6) is 0 Å². The summed E-state index contributed by atoms with van der Waals surface area (Å²) < 4.78 is 11.0. The molecule has 5 heteroatoms. The van der Waals surface area contributed by atoms with Crippen molar-refractivity contribution >= 4 is 11.9 Å². The average molecular weight is 323 g/mol. The first kappa shape index (κ1) is 17.8. The van der Waals surface area contributed by atoms with Crippen LogP contribution in [-0.2, 0) is 19.1 Å². The van der Waals surface area contributed by atoms with Crippen LogP contribution in [0.4, 0.5) is 0 Å². The Morgan fingerprint density at radius 1 is 1.26 bits per heavy atom. The van der Waals surface area contributed by atoms with Gasteiger partial charge in [-0.05, 0) is 57.8 Å². The standard InChI is InChI=1S/C18H29NO4/c1-11(19-5)17(21)22-15(10-16(20)23-18(2,3)4)14-9-12-6-7-13(14)8-12/h12-15,19H,1,6-10H2,2-5H3. The highest BCUT2D eigenvalue weighted by Gasteiger charge is 2.45. The van der Waals surface area contributed by atoms with Crippen molar-refractivity contribution in [1.29, 1.82) is 0 Å². The van der Waals surface area contributed by atoms with E-state index in [1.54, 1.807) is 7.05 Å². The van der Waals surface area contributed by atoms with Crippen LogP contribution in [0.3, 0.4) is 0 Å². The van der Waals surface area contributed by atoms with Crippen LogP contribution >= 0.6 is 0 Å². The van der Waals surface area contributed by atoms with Crippen LogP contribution in [-0.4, -0.2) is 30.7 Å². The summed E-state index contributed by atoms with van der Waals surface area (Å²) in [5, 5.41) is 2.70. The van der Waals surface area contributed by atoms with Crippen molar-refractivity contribution in [2.24, 2.45) is 17.8 Å². The lowest BCUT2D eigenvalue weighted by Gasteiger charge is -2.30. The van der Waals surface area contributed by atoms with Gasteiger partial charge in [0.05, 0.1) is 6.42 Å². The Balaban J connectivity index is 2.04. The molecule has 0 aromatic rings. The number of likely N-dealkylation sites (N-methyl/N-ethyl adjacent to an activating group) is 1. The number of esters is 2. The first-order valence-electron chi connectivity index (χ1n) is 8.49. The second kappa shape index (κ2) is 6.93. The summed E-state index contributed by atoms with van der Waals surface area (Å²) in [6, 6.07) is 0. The fourth-order valence-corrected chi connectivity index (χ4v) is 3.89. The normalized spacial score (nSPS) is 27.4. The number of carbonyl (C=O) groups excluding carboxylic acids is 2. The Hall–Kier alpha value is -1.52. The molecular weight excluding hydrogens is 294 g/mol. The second-order valence-corrected chi connectivity index (χ2v) is 7.80. The minimum absolute atomic E-state index is 0.119. The molecule has 4 atom stereocenters. The highest BCUT2D eigenvalue weighted by molar-refractivity contribution is 5.87. The first-order valence-corrected chi connectivity index (χ1v) is 8.49. The molecule has 2 fully saturated rings. The lowest BCUT2D eigenvalue weighted by Crippen LogP contribution is -2.36. The molecule has 0 radical (unpaired) electrons. The Bertz CT molecular complexity index is 480. The van der Waals surface area contributed by atoms with E-state index in [-0.39, 0.29) is 24.0 Å². The molecule has 23 heavy (non-hydrogen) atoms. The van der Waals surface area contributed by atoms with E-state index in [2.05, 4.69) is 11.9 Å². The van der Waals surface area contributed by atoms with Crippen molar-refractivity contribution < 1.29 is 19.1 Å². The molecule has 0 spiro atoms. The Morgan fingerprint density at radius 2 is 1.96 bits per heavy atom. The number of rotatable bonds is 6. The summed E-state index contributed by atoms with van der Waals surface area (Å²) in [4.78, 5) is 24.3. The fraction of sp³-hybridized carbons (Fsp3) is 0.778. The molecule has 130 valence electrons. The fourth-order valence-electron chi connectivity index (χ4n) is 3.89. The van der Waals surface area contributed by atoms with E-state index in [4.69, 9.17) is 9.47 Å². The molecule has 0 amide bonds. The summed E-state index contributed by atoms with van der Waals surface area (Å²) >= 11 is 0. The first-order chi connectivity index (χ1) is 10.7. The third-order valence-corrected chi connectivity index (χ3v) is 4.86. The predicted molar refractivity (Wildman–Crippen MR) is 87.5 cm³/mol. The third-order valence-electron chi connectivity index (χ3n) is 4.86. The van der Waals surface area contributed by atoms with Gasteiger partial charge in [0.1, 0.15) is 17.4 Å². The summed E-state index contributed by atoms with van der Waals surface area (Å²) in [6.45, 7) is 9.16. The quantitative estimate of drug-likeness (QED) is 0.601. The van der Waals surface area contributed by atoms with Crippen LogP contribution in [0.25, 0.3) is 0 Å². The zero-order valence-corrected chi connectivity index (χ0v) is 14.7. The van der Waals surface area contributed by atoms with Gasteiger partial charge in [-0.3, -0.25) is 4.79 Å². The predicted octanol–water partition coefficient (Wildman–Crippen LogP) is 2.80. The number of nitrogens with one attached hydrogen (secondary N) is 1. The summed E-state index contributed by atoms with van der Waals surface area (Å²) in [7, 11) is 1.63. The van der Waals surface area contributed by atoms with Crippen molar-refractivity contribution in [3.05, 3.63) is 12.3 Å². The molecule has 2 aliphatic carbocycles. The van der Waals surface area contributed by atoms with E-state index >= 15 is 0 Å². The molecule has 0 heterocycles. The van der Waals surface area contributed by atoms with Gasteiger partial charge in [0.25, 0.3) is 0 Å². The number of hydrogen-bond donors (Lipinski definition) is 1. The minimum Gasteiger partial charge on any atom is -0.460 e. The topological polar surface area (TPSA) is 64.6 Å². The van der Waals surface area contributed by atoms with Gasteiger partial charge in [0, 0.05) is 7.05 Å². The maximum absolute atomic E-state index is 12.2. The van der Waals surface area contributed by atoms with Gasteiger partial charge in [-0.2, -0.15) is 0 Å². The molecule has 5 nitrogen and oxygen atoms in total. The molecule has 4 unspecified atom stereocenters. The average Bonchev–Trinajstić information content (AvgIpc) is 3.06.